The topological polar surface area (TPSA) is 15.6 Å². The first-order valence-electron chi connectivity index (χ1n) is 15.0. The maximum absolute atomic E-state index is 4.29. The van der Waals surface area contributed by atoms with Crippen LogP contribution in [0, 0.1) is 0 Å². The monoisotopic (exact) mass is 562 g/mol. The van der Waals surface area contributed by atoms with Crippen molar-refractivity contribution in [2.24, 2.45) is 4.99 Å². The molecule has 0 aromatic heterocycles. The van der Waals surface area contributed by atoms with Gasteiger partial charge in [0.25, 0.3) is 0 Å². The quantitative estimate of drug-likeness (QED) is 0.184. The van der Waals surface area contributed by atoms with Crippen LogP contribution in [0.2, 0.25) is 0 Å². The van der Waals surface area contributed by atoms with Gasteiger partial charge in [0, 0.05) is 35.9 Å². The number of hydrogen-bond acceptors (Lipinski definition) is 2. The Kier molecular flexibility index (Phi) is 6.39. The van der Waals surface area contributed by atoms with E-state index in [1.54, 1.807) is 0 Å². The summed E-state index contributed by atoms with van der Waals surface area (Å²) >= 11 is 0. The summed E-state index contributed by atoms with van der Waals surface area (Å²) in [4.78, 5) is 6.61. The molecule has 208 valence electrons. The van der Waals surface area contributed by atoms with Crippen LogP contribution in [-0.2, 0) is 0 Å². The van der Waals surface area contributed by atoms with Gasteiger partial charge in [-0.25, -0.2) is 0 Å². The molecule has 7 aromatic rings. The Hall–Kier alpha value is -5.73. The number of rotatable bonds is 6. The molecule has 0 spiro atoms. The number of nitrogens with zero attached hydrogens (tertiary/aromatic N) is 2. The van der Waals surface area contributed by atoms with Crippen LogP contribution in [0.15, 0.2) is 163 Å². The van der Waals surface area contributed by atoms with Gasteiger partial charge in [-0.15, -0.1) is 0 Å². The molecule has 0 atom stereocenters. The highest BCUT2D eigenvalue weighted by Gasteiger charge is 2.22. The Morgan fingerprint density at radius 2 is 1.02 bits per heavy atom. The molecular weight excluding hydrogens is 532 g/mol. The Morgan fingerprint density at radius 3 is 1.80 bits per heavy atom. The van der Waals surface area contributed by atoms with Crippen LogP contribution in [0.3, 0.4) is 0 Å². The summed E-state index contributed by atoms with van der Waals surface area (Å²) in [7, 11) is 1.82. The maximum Gasteiger partial charge on any atom is 0.0467 e. The van der Waals surface area contributed by atoms with E-state index in [0.29, 0.717) is 0 Å². The molecule has 0 saturated carbocycles. The second kappa shape index (κ2) is 10.8. The van der Waals surface area contributed by atoms with Crippen LogP contribution in [-0.4, -0.2) is 13.3 Å². The van der Waals surface area contributed by atoms with Gasteiger partial charge in [-0.3, -0.25) is 4.99 Å². The molecule has 0 unspecified atom stereocenters. The molecule has 2 heteroatoms. The first-order valence-corrected chi connectivity index (χ1v) is 15.0. The molecule has 1 aliphatic carbocycles. The molecule has 0 heterocycles. The summed E-state index contributed by atoms with van der Waals surface area (Å²) < 4.78 is 0. The molecule has 8 rings (SSSR count). The lowest BCUT2D eigenvalue weighted by Crippen LogP contribution is -2.09. The van der Waals surface area contributed by atoms with Gasteiger partial charge in [0.15, 0.2) is 0 Å². The molecule has 0 saturated heterocycles. The molecule has 0 aliphatic heterocycles. The number of aliphatic imine (C=N–C) groups is 1. The van der Waals surface area contributed by atoms with E-state index in [0.717, 1.165) is 33.8 Å². The zero-order valence-corrected chi connectivity index (χ0v) is 24.5. The number of hydrogen-bond donors (Lipinski definition) is 0. The van der Waals surface area contributed by atoms with Gasteiger partial charge in [-0.1, -0.05) is 121 Å². The molecule has 0 bridgehead atoms. The van der Waals surface area contributed by atoms with Crippen LogP contribution in [0.1, 0.15) is 5.56 Å². The van der Waals surface area contributed by atoms with Gasteiger partial charge >= 0.3 is 0 Å². The summed E-state index contributed by atoms with van der Waals surface area (Å²) in [6.07, 6.45) is 1.93. The highest BCUT2D eigenvalue weighted by molar-refractivity contribution is 6.18. The van der Waals surface area contributed by atoms with Gasteiger partial charge in [0.2, 0.25) is 0 Å². The van der Waals surface area contributed by atoms with Crippen molar-refractivity contribution in [3.05, 3.63) is 163 Å². The lowest BCUT2D eigenvalue weighted by molar-refractivity contribution is 1.28. The molecule has 0 radical (unpaired) electrons. The normalized spacial score (nSPS) is 11.7. The molecule has 44 heavy (non-hydrogen) atoms. The van der Waals surface area contributed by atoms with Crippen molar-refractivity contribution in [1.82, 2.24) is 0 Å². The number of anilines is 3. The number of benzene rings is 7. The van der Waals surface area contributed by atoms with Crippen molar-refractivity contribution in [2.75, 3.05) is 11.9 Å². The van der Waals surface area contributed by atoms with E-state index in [9.17, 15) is 0 Å². The Labute approximate surface area is 258 Å². The highest BCUT2D eigenvalue weighted by Crippen LogP contribution is 2.49. The maximum atomic E-state index is 4.29. The third-order valence-corrected chi connectivity index (χ3v) is 8.64. The molecule has 0 fully saturated rings. The average molecular weight is 563 g/mol. The second-order valence-corrected chi connectivity index (χ2v) is 11.2. The zero-order valence-electron chi connectivity index (χ0n) is 24.5. The highest BCUT2D eigenvalue weighted by atomic mass is 15.1. The van der Waals surface area contributed by atoms with Crippen molar-refractivity contribution < 1.29 is 0 Å². The van der Waals surface area contributed by atoms with Gasteiger partial charge in [-0.05, 0) is 91.7 Å². The van der Waals surface area contributed by atoms with Gasteiger partial charge < -0.3 is 4.90 Å². The van der Waals surface area contributed by atoms with Crippen LogP contribution in [0.25, 0.3) is 55.3 Å². The smallest absolute Gasteiger partial charge is 0.0467 e. The molecule has 2 nitrogen and oxygen atoms in total. The summed E-state index contributed by atoms with van der Waals surface area (Å²) in [5.74, 6) is 0. The summed E-state index contributed by atoms with van der Waals surface area (Å²) in [5, 5.41) is 2.65. The molecule has 7 aromatic carbocycles. The van der Waals surface area contributed by atoms with Gasteiger partial charge in [-0.2, -0.15) is 0 Å². The average Bonchev–Trinajstić information content (AvgIpc) is 3.42. The summed E-state index contributed by atoms with van der Waals surface area (Å²) in [6.45, 7) is 0. The second-order valence-electron chi connectivity index (χ2n) is 11.2. The molecule has 0 amide bonds. The van der Waals surface area contributed by atoms with Crippen LogP contribution >= 0.6 is 0 Å². The first kappa shape index (κ1) is 25.9. The van der Waals surface area contributed by atoms with Crippen molar-refractivity contribution in [1.29, 1.82) is 0 Å². The molecule has 1 aliphatic rings. The van der Waals surface area contributed by atoms with Crippen molar-refractivity contribution in [2.45, 2.75) is 0 Å². The van der Waals surface area contributed by atoms with E-state index in [1.807, 2.05) is 13.3 Å². The summed E-state index contributed by atoms with van der Waals surface area (Å²) in [5.41, 5.74) is 14.5. The minimum absolute atomic E-state index is 1.10. The lowest BCUT2D eigenvalue weighted by Gasteiger charge is -2.26. The van der Waals surface area contributed by atoms with Gasteiger partial charge in [0.1, 0.15) is 0 Å². The molecular formula is C42H30N2. The van der Waals surface area contributed by atoms with Crippen molar-refractivity contribution >= 4 is 34.0 Å². The Bertz CT molecular complexity index is 2150. The fourth-order valence-electron chi connectivity index (χ4n) is 6.70. The SMILES string of the molecule is CN=Cc1ccccc1-c1cccc(N(c2ccccc2)c2ccc(-c3ccc4c5c(cccc35)-c3ccccc3-4)cc2)c1. The van der Waals surface area contributed by atoms with Crippen molar-refractivity contribution in [3.63, 3.8) is 0 Å². The first-order chi connectivity index (χ1) is 21.8. The fourth-order valence-corrected chi connectivity index (χ4v) is 6.70. The van der Waals surface area contributed by atoms with E-state index in [1.165, 1.54) is 44.2 Å². The predicted molar refractivity (Wildman–Crippen MR) is 187 cm³/mol. The minimum Gasteiger partial charge on any atom is -0.310 e. The third-order valence-electron chi connectivity index (χ3n) is 8.64. The standard InChI is InChI=1S/C42H30N2/c1-43-28-31-11-5-6-16-35(31)30-12-9-15-34(27-30)44(32-13-3-2-4-14-32)33-23-21-29(22-24-33)36-25-26-41-38-18-8-7-17-37(38)40-20-10-19-39(36)42(40)41/h2-28H,1H3. The van der Waals surface area contributed by atoms with Crippen LogP contribution in [0.4, 0.5) is 17.1 Å². The van der Waals surface area contributed by atoms with Gasteiger partial charge in [0.05, 0.1) is 0 Å². The largest absolute Gasteiger partial charge is 0.310 e. The van der Waals surface area contributed by atoms with E-state index in [2.05, 4.69) is 168 Å². The lowest BCUT2D eigenvalue weighted by atomic mass is 9.94. The third kappa shape index (κ3) is 4.31. The van der Waals surface area contributed by atoms with E-state index in [-0.39, 0.29) is 0 Å². The Morgan fingerprint density at radius 1 is 0.432 bits per heavy atom. The fraction of sp³-hybridized carbons (Fsp3) is 0.0238. The summed E-state index contributed by atoms with van der Waals surface area (Å²) in [6, 6.07) is 56.8. The minimum atomic E-state index is 1.10. The van der Waals surface area contributed by atoms with Crippen LogP contribution < -0.4 is 4.90 Å². The number of fused-ring (bicyclic) bond motifs is 3. The Balaban J connectivity index is 1.22. The van der Waals surface area contributed by atoms with E-state index >= 15 is 0 Å². The van der Waals surface area contributed by atoms with Crippen LogP contribution in [0.5, 0.6) is 0 Å². The van der Waals surface area contributed by atoms with Crippen molar-refractivity contribution in [3.8, 4) is 44.5 Å². The number of para-hydroxylation sites is 1. The zero-order chi connectivity index (χ0) is 29.5. The van der Waals surface area contributed by atoms with E-state index < -0.39 is 0 Å². The van der Waals surface area contributed by atoms with E-state index in [4.69, 9.17) is 0 Å². The predicted octanol–water partition coefficient (Wildman–Crippen LogP) is 11.3. The molecule has 0 N–H and O–H groups in total.